The highest BCUT2D eigenvalue weighted by Gasteiger charge is 2.21. The molecule has 108 valence electrons. The van der Waals surface area contributed by atoms with E-state index in [-0.39, 0.29) is 12.4 Å². The Hall–Kier alpha value is -0.610. The minimum atomic E-state index is 0. The molecule has 1 aromatic rings. The maximum absolute atomic E-state index is 5.18. The van der Waals surface area contributed by atoms with Gasteiger partial charge in [0, 0.05) is 20.2 Å². The van der Waals surface area contributed by atoms with Crippen LogP contribution in [0.3, 0.4) is 0 Å². The molecule has 1 aliphatic heterocycles. The largest absolute Gasteiger partial charge is 0.380 e. The molecule has 1 atom stereocenters. The van der Waals surface area contributed by atoms with Gasteiger partial charge in [-0.1, -0.05) is 24.3 Å². The molecule has 1 aliphatic rings. The summed E-state index contributed by atoms with van der Waals surface area (Å²) in [6, 6.07) is 8.73. The van der Waals surface area contributed by atoms with E-state index < -0.39 is 0 Å². The van der Waals surface area contributed by atoms with E-state index in [1.807, 2.05) is 7.05 Å². The zero-order chi connectivity index (χ0) is 12.8. The molecule has 0 spiro atoms. The molecule has 0 saturated carbocycles. The molecule has 0 amide bonds. The number of halogens is 1. The zero-order valence-corrected chi connectivity index (χ0v) is 12.7. The third-order valence-electron chi connectivity index (χ3n) is 3.57. The normalized spacial score (nSPS) is 19.4. The highest BCUT2D eigenvalue weighted by molar-refractivity contribution is 5.85. The third-order valence-corrected chi connectivity index (χ3v) is 3.57. The third kappa shape index (κ3) is 5.11. The monoisotopic (exact) mass is 284 g/mol. The van der Waals surface area contributed by atoms with Crippen molar-refractivity contribution in [2.75, 3.05) is 33.8 Å². The number of nitrogens with zero attached hydrogens (tertiary/aromatic N) is 1. The van der Waals surface area contributed by atoms with Crippen molar-refractivity contribution in [2.45, 2.75) is 19.6 Å². The van der Waals surface area contributed by atoms with Crippen LogP contribution in [0.15, 0.2) is 24.3 Å². The van der Waals surface area contributed by atoms with Crippen molar-refractivity contribution in [3.05, 3.63) is 35.4 Å². The second-order valence-corrected chi connectivity index (χ2v) is 5.20. The molecule has 0 aromatic heterocycles. The van der Waals surface area contributed by atoms with Gasteiger partial charge in [0.1, 0.15) is 0 Å². The van der Waals surface area contributed by atoms with Crippen molar-refractivity contribution in [1.82, 2.24) is 10.2 Å². The summed E-state index contributed by atoms with van der Waals surface area (Å²) in [4.78, 5) is 2.55. The molecule has 1 aromatic carbocycles. The number of hydrogen-bond donors (Lipinski definition) is 1. The molecule has 2 rings (SSSR count). The van der Waals surface area contributed by atoms with Crippen LogP contribution < -0.4 is 5.32 Å². The van der Waals surface area contributed by atoms with Crippen LogP contribution in [-0.2, 0) is 17.9 Å². The fraction of sp³-hybridized carbons (Fsp3) is 0.600. The lowest BCUT2D eigenvalue weighted by molar-refractivity contribution is 0.184. The van der Waals surface area contributed by atoms with Gasteiger partial charge in [-0.2, -0.15) is 0 Å². The average Bonchev–Trinajstić information content (AvgIpc) is 2.78. The molecule has 1 unspecified atom stereocenters. The van der Waals surface area contributed by atoms with Gasteiger partial charge < -0.3 is 10.1 Å². The molecule has 1 N–H and O–H groups in total. The van der Waals surface area contributed by atoms with Crippen LogP contribution in [0.1, 0.15) is 17.5 Å². The fourth-order valence-electron chi connectivity index (χ4n) is 2.75. The van der Waals surface area contributed by atoms with Crippen molar-refractivity contribution in [2.24, 2.45) is 5.92 Å². The zero-order valence-electron chi connectivity index (χ0n) is 11.9. The van der Waals surface area contributed by atoms with Crippen LogP contribution in [0.5, 0.6) is 0 Å². The topological polar surface area (TPSA) is 24.5 Å². The van der Waals surface area contributed by atoms with E-state index >= 15 is 0 Å². The van der Waals surface area contributed by atoms with Crippen LogP contribution in [0.2, 0.25) is 0 Å². The summed E-state index contributed by atoms with van der Waals surface area (Å²) in [5.41, 5.74) is 2.66. The molecule has 1 fully saturated rings. The van der Waals surface area contributed by atoms with Gasteiger partial charge in [0.05, 0.1) is 6.61 Å². The van der Waals surface area contributed by atoms with E-state index in [1.165, 1.54) is 30.6 Å². The first-order valence-corrected chi connectivity index (χ1v) is 6.75. The van der Waals surface area contributed by atoms with E-state index in [2.05, 4.69) is 34.5 Å². The average molecular weight is 285 g/mol. The number of nitrogens with one attached hydrogen (secondary N) is 1. The van der Waals surface area contributed by atoms with Gasteiger partial charge in [0.2, 0.25) is 0 Å². The standard InChI is InChI=1S/C15H24N2O.ClH/c1-16-9-15-6-7-17(11-15)10-13-4-3-5-14(8-13)12-18-2;/h3-5,8,15-16H,6-7,9-12H2,1-2H3;1H. The Bertz CT molecular complexity index is 373. The van der Waals surface area contributed by atoms with Crippen LogP contribution in [-0.4, -0.2) is 38.7 Å². The maximum Gasteiger partial charge on any atom is 0.0713 e. The molecular formula is C15H25ClN2O. The van der Waals surface area contributed by atoms with Gasteiger partial charge in [-0.25, -0.2) is 0 Å². The van der Waals surface area contributed by atoms with Crippen LogP contribution in [0.4, 0.5) is 0 Å². The minimum Gasteiger partial charge on any atom is -0.380 e. The lowest BCUT2D eigenvalue weighted by atomic mass is 10.1. The lowest BCUT2D eigenvalue weighted by Crippen LogP contribution is -2.24. The van der Waals surface area contributed by atoms with Crippen molar-refractivity contribution in [3.63, 3.8) is 0 Å². The molecule has 3 nitrogen and oxygen atoms in total. The molecule has 19 heavy (non-hydrogen) atoms. The van der Waals surface area contributed by atoms with Gasteiger partial charge >= 0.3 is 0 Å². The Kier molecular flexibility index (Phi) is 7.39. The molecule has 0 bridgehead atoms. The molecular weight excluding hydrogens is 260 g/mol. The summed E-state index contributed by atoms with van der Waals surface area (Å²) in [5.74, 6) is 0.817. The van der Waals surface area contributed by atoms with Crippen molar-refractivity contribution in [3.8, 4) is 0 Å². The van der Waals surface area contributed by atoms with Gasteiger partial charge in [-0.15, -0.1) is 12.4 Å². The molecule has 1 saturated heterocycles. The van der Waals surface area contributed by atoms with Crippen LogP contribution in [0, 0.1) is 5.92 Å². The Morgan fingerprint density at radius 3 is 2.89 bits per heavy atom. The van der Waals surface area contributed by atoms with Crippen molar-refractivity contribution >= 4 is 12.4 Å². The Balaban J connectivity index is 0.00000180. The summed E-state index contributed by atoms with van der Waals surface area (Å²) in [5, 5.41) is 3.28. The van der Waals surface area contributed by atoms with Crippen LogP contribution in [0.25, 0.3) is 0 Å². The predicted molar refractivity (Wildman–Crippen MR) is 81.7 cm³/mol. The SMILES string of the molecule is CNCC1CCN(Cc2cccc(COC)c2)C1.Cl. The first-order valence-electron chi connectivity index (χ1n) is 6.75. The van der Waals surface area contributed by atoms with Crippen LogP contribution >= 0.6 is 12.4 Å². The predicted octanol–water partition coefficient (Wildman–Crippen LogP) is 2.30. The van der Waals surface area contributed by atoms with E-state index in [0.717, 1.165) is 19.0 Å². The Morgan fingerprint density at radius 1 is 1.37 bits per heavy atom. The number of benzene rings is 1. The quantitative estimate of drug-likeness (QED) is 0.867. The molecule has 4 heteroatoms. The van der Waals surface area contributed by atoms with Gasteiger partial charge in [0.15, 0.2) is 0 Å². The first kappa shape index (κ1) is 16.4. The Labute approximate surface area is 122 Å². The summed E-state index contributed by atoms with van der Waals surface area (Å²) in [6.45, 7) is 5.35. The Morgan fingerprint density at radius 2 is 2.16 bits per heavy atom. The summed E-state index contributed by atoms with van der Waals surface area (Å²) in [7, 11) is 3.78. The van der Waals surface area contributed by atoms with Crippen molar-refractivity contribution < 1.29 is 4.74 Å². The summed E-state index contributed by atoms with van der Waals surface area (Å²) >= 11 is 0. The maximum atomic E-state index is 5.18. The number of rotatable bonds is 6. The van der Waals surface area contributed by atoms with E-state index in [0.29, 0.717) is 6.61 Å². The number of likely N-dealkylation sites (tertiary alicyclic amines) is 1. The van der Waals surface area contributed by atoms with E-state index in [1.54, 1.807) is 7.11 Å². The second-order valence-electron chi connectivity index (χ2n) is 5.20. The first-order chi connectivity index (χ1) is 8.81. The van der Waals surface area contributed by atoms with Crippen molar-refractivity contribution in [1.29, 1.82) is 0 Å². The summed E-state index contributed by atoms with van der Waals surface area (Å²) < 4.78 is 5.18. The number of methoxy groups -OCH3 is 1. The molecule has 0 aliphatic carbocycles. The number of ether oxygens (including phenoxy) is 1. The van der Waals surface area contributed by atoms with Gasteiger partial charge in [-0.3, -0.25) is 4.90 Å². The summed E-state index contributed by atoms with van der Waals surface area (Å²) in [6.07, 6.45) is 1.32. The highest BCUT2D eigenvalue weighted by atomic mass is 35.5. The molecule has 0 radical (unpaired) electrons. The smallest absolute Gasteiger partial charge is 0.0713 e. The lowest BCUT2D eigenvalue weighted by Gasteiger charge is -2.16. The van der Waals surface area contributed by atoms with E-state index in [4.69, 9.17) is 4.74 Å². The minimum absolute atomic E-state index is 0. The fourth-order valence-corrected chi connectivity index (χ4v) is 2.75. The highest BCUT2D eigenvalue weighted by Crippen LogP contribution is 2.18. The van der Waals surface area contributed by atoms with E-state index in [9.17, 15) is 0 Å². The van der Waals surface area contributed by atoms with Gasteiger partial charge in [-0.05, 0) is 43.6 Å². The second kappa shape index (κ2) is 8.54. The number of hydrogen-bond acceptors (Lipinski definition) is 3. The van der Waals surface area contributed by atoms with Gasteiger partial charge in [0.25, 0.3) is 0 Å². The molecule has 1 heterocycles.